The van der Waals surface area contributed by atoms with Crippen LogP contribution in [0.5, 0.6) is 5.75 Å². The maximum atomic E-state index is 12.3. The zero-order chi connectivity index (χ0) is 16.4. The van der Waals surface area contributed by atoms with E-state index in [1.54, 1.807) is 12.1 Å². The number of carbonyl (C=O) groups is 1. The van der Waals surface area contributed by atoms with Gasteiger partial charge in [0.15, 0.2) is 0 Å². The molecule has 2 aliphatic rings. The average molecular weight is 325 g/mol. The first kappa shape index (κ1) is 16.2. The first-order valence-electron chi connectivity index (χ1n) is 8.01. The van der Waals surface area contributed by atoms with Gasteiger partial charge in [0.05, 0.1) is 6.42 Å². The zero-order valence-electron chi connectivity index (χ0n) is 12.8. The highest BCUT2D eigenvalue weighted by atomic mass is 19.3. The number of ether oxygens (including phenoxy) is 1. The minimum atomic E-state index is -2.88. The van der Waals surface area contributed by atoms with Crippen molar-refractivity contribution in [2.24, 2.45) is 17.8 Å². The van der Waals surface area contributed by atoms with Crippen LogP contribution in [0.4, 0.5) is 8.78 Å². The van der Waals surface area contributed by atoms with E-state index in [2.05, 4.69) is 10.1 Å². The highest BCUT2D eigenvalue weighted by Gasteiger charge is 2.47. The number of halogens is 2. The van der Waals surface area contributed by atoms with Gasteiger partial charge < -0.3 is 15.2 Å². The lowest BCUT2D eigenvalue weighted by atomic mass is 9.85. The minimum Gasteiger partial charge on any atom is -0.435 e. The Morgan fingerprint density at radius 2 is 2.13 bits per heavy atom. The van der Waals surface area contributed by atoms with Crippen LogP contribution in [0.1, 0.15) is 24.8 Å². The van der Waals surface area contributed by atoms with Crippen LogP contribution in [0.15, 0.2) is 24.3 Å². The van der Waals surface area contributed by atoms with Crippen LogP contribution in [0, 0.1) is 17.8 Å². The van der Waals surface area contributed by atoms with Crippen molar-refractivity contribution in [3.05, 3.63) is 29.8 Å². The van der Waals surface area contributed by atoms with Gasteiger partial charge in [-0.3, -0.25) is 4.79 Å². The predicted octanol–water partition coefficient (Wildman–Crippen LogP) is 2.35. The number of hydrogen-bond acceptors (Lipinski definition) is 3. The molecular formula is C17H21F2NO3. The fraction of sp³-hybridized carbons (Fsp3) is 0.588. The van der Waals surface area contributed by atoms with Crippen molar-refractivity contribution < 1.29 is 23.4 Å². The monoisotopic (exact) mass is 325 g/mol. The smallest absolute Gasteiger partial charge is 0.387 e. The van der Waals surface area contributed by atoms with E-state index in [4.69, 9.17) is 0 Å². The summed E-state index contributed by atoms with van der Waals surface area (Å²) in [4.78, 5) is 12.3. The molecule has 1 aromatic rings. The molecule has 0 radical (unpaired) electrons. The van der Waals surface area contributed by atoms with Crippen LogP contribution >= 0.6 is 0 Å². The molecule has 4 nitrogen and oxygen atoms in total. The lowest BCUT2D eigenvalue weighted by Crippen LogP contribution is -2.45. The second-order valence-corrected chi connectivity index (χ2v) is 6.48. The summed E-state index contributed by atoms with van der Waals surface area (Å²) in [5.41, 5.74) is 0.629. The number of fused-ring (bicyclic) bond motifs is 2. The summed E-state index contributed by atoms with van der Waals surface area (Å²) in [5.74, 6) is 1.02. The van der Waals surface area contributed by atoms with Crippen molar-refractivity contribution in [3.63, 3.8) is 0 Å². The SMILES string of the molecule is O=C(Cc1cccc(OC(F)F)c1)NC1C2CCC(C2)C1CO. The summed E-state index contributed by atoms with van der Waals surface area (Å²) in [6.07, 6.45) is 3.43. The number of carbonyl (C=O) groups excluding carboxylic acids is 1. The van der Waals surface area contributed by atoms with Crippen LogP contribution in [-0.4, -0.2) is 30.3 Å². The van der Waals surface area contributed by atoms with Gasteiger partial charge >= 0.3 is 6.61 Å². The number of aliphatic hydroxyl groups excluding tert-OH is 1. The Morgan fingerprint density at radius 3 is 2.87 bits per heavy atom. The van der Waals surface area contributed by atoms with Gasteiger partial charge in [-0.05, 0) is 48.8 Å². The lowest BCUT2D eigenvalue weighted by molar-refractivity contribution is -0.122. The Hall–Kier alpha value is -1.69. The number of benzene rings is 1. The van der Waals surface area contributed by atoms with E-state index in [9.17, 15) is 18.7 Å². The Balaban J connectivity index is 1.59. The summed E-state index contributed by atoms with van der Waals surface area (Å²) in [6, 6.07) is 6.23. The third kappa shape index (κ3) is 3.63. The quantitative estimate of drug-likeness (QED) is 0.844. The normalized spacial score (nSPS) is 29.0. The Bertz CT molecular complexity index is 567. The Labute approximate surface area is 133 Å². The first-order chi connectivity index (χ1) is 11.1. The molecule has 4 atom stereocenters. The summed E-state index contributed by atoms with van der Waals surface area (Å²) in [6.45, 7) is -2.78. The van der Waals surface area contributed by atoms with Gasteiger partial charge in [-0.15, -0.1) is 0 Å². The number of rotatable bonds is 6. The molecule has 2 bridgehead atoms. The third-order valence-corrected chi connectivity index (χ3v) is 5.12. The highest BCUT2D eigenvalue weighted by Crippen LogP contribution is 2.48. The maximum absolute atomic E-state index is 12.3. The van der Waals surface area contributed by atoms with Crippen molar-refractivity contribution in [1.82, 2.24) is 5.32 Å². The molecule has 3 rings (SSSR count). The molecular weight excluding hydrogens is 304 g/mol. The van der Waals surface area contributed by atoms with Gasteiger partial charge in [0.1, 0.15) is 5.75 Å². The molecule has 1 aromatic carbocycles. The van der Waals surface area contributed by atoms with E-state index in [1.807, 2.05) is 0 Å². The number of alkyl halides is 2. The molecule has 0 spiro atoms. The van der Waals surface area contributed by atoms with E-state index < -0.39 is 6.61 Å². The number of aliphatic hydroxyl groups is 1. The van der Waals surface area contributed by atoms with Crippen molar-refractivity contribution >= 4 is 5.91 Å². The lowest BCUT2D eigenvalue weighted by Gasteiger charge is -2.30. The number of hydrogen-bond donors (Lipinski definition) is 2. The molecule has 1 amide bonds. The van der Waals surface area contributed by atoms with Crippen molar-refractivity contribution in [2.45, 2.75) is 38.3 Å². The molecule has 2 fully saturated rings. The van der Waals surface area contributed by atoms with Crippen LogP contribution in [0.2, 0.25) is 0 Å². The summed E-state index contributed by atoms with van der Waals surface area (Å²) >= 11 is 0. The molecule has 6 heteroatoms. The van der Waals surface area contributed by atoms with Gasteiger partial charge in [-0.2, -0.15) is 8.78 Å². The average Bonchev–Trinajstić information content (AvgIpc) is 3.07. The fourth-order valence-electron chi connectivity index (χ4n) is 4.15. The first-order valence-corrected chi connectivity index (χ1v) is 8.01. The van der Waals surface area contributed by atoms with E-state index in [0.717, 1.165) is 19.3 Å². The second kappa shape index (κ2) is 6.83. The molecule has 23 heavy (non-hydrogen) atoms. The van der Waals surface area contributed by atoms with E-state index in [0.29, 0.717) is 17.4 Å². The van der Waals surface area contributed by atoms with Crippen LogP contribution < -0.4 is 10.1 Å². The zero-order valence-corrected chi connectivity index (χ0v) is 12.8. The highest BCUT2D eigenvalue weighted by molar-refractivity contribution is 5.79. The largest absolute Gasteiger partial charge is 0.435 e. The molecule has 0 aromatic heterocycles. The van der Waals surface area contributed by atoms with Crippen LogP contribution in [-0.2, 0) is 11.2 Å². The van der Waals surface area contributed by atoms with Gasteiger partial charge in [0, 0.05) is 18.6 Å². The molecule has 0 saturated heterocycles. The summed E-state index contributed by atoms with van der Waals surface area (Å²) in [7, 11) is 0. The van der Waals surface area contributed by atoms with Gasteiger partial charge in [0.25, 0.3) is 0 Å². The Kier molecular flexibility index (Phi) is 4.80. The molecule has 2 saturated carbocycles. The minimum absolute atomic E-state index is 0.0340. The summed E-state index contributed by atoms with van der Waals surface area (Å²) < 4.78 is 28.8. The van der Waals surface area contributed by atoms with Crippen LogP contribution in [0.25, 0.3) is 0 Å². The molecule has 0 heterocycles. The summed E-state index contributed by atoms with van der Waals surface area (Å²) in [5, 5.41) is 12.6. The maximum Gasteiger partial charge on any atom is 0.387 e. The van der Waals surface area contributed by atoms with Gasteiger partial charge in [-0.1, -0.05) is 12.1 Å². The van der Waals surface area contributed by atoms with Crippen molar-refractivity contribution in [3.8, 4) is 5.75 Å². The molecule has 126 valence electrons. The van der Waals surface area contributed by atoms with E-state index in [1.165, 1.54) is 12.1 Å². The number of amides is 1. The van der Waals surface area contributed by atoms with Gasteiger partial charge in [0.2, 0.25) is 5.91 Å². The molecule has 2 aliphatic carbocycles. The van der Waals surface area contributed by atoms with E-state index >= 15 is 0 Å². The molecule has 0 aliphatic heterocycles. The fourth-order valence-corrected chi connectivity index (χ4v) is 4.15. The standard InChI is InChI=1S/C17H21F2NO3/c18-17(19)23-13-3-1-2-10(6-13)7-15(22)20-16-12-5-4-11(8-12)14(16)9-21/h1-3,6,11-12,14,16-17,21H,4-5,7-9H2,(H,20,22). The second-order valence-electron chi connectivity index (χ2n) is 6.48. The Morgan fingerprint density at radius 1 is 1.35 bits per heavy atom. The van der Waals surface area contributed by atoms with Crippen molar-refractivity contribution in [1.29, 1.82) is 0 Å². The molecule has 4 unspecified atom stereocenters. The molecule has 2 N–H and O–H groups in total. The van der Waals surface area contributed by atoms with Crippen LogP contribution in [0.3, 0.4) is 0 Å². The van der Waals surface area contributed by atoms with Gasteiger partial charge in [-0.25, -0.2) is 0 Å². The van der Waals surface area contributed by atoms with Crippen molar-refractivity contribution in [2.75, 3.05) is 6.61 Å². The van der Waals surface area contributed by atoms with E-state index in [-0.39, 0.29) is 36.6 Å². The predicted molar refractivity (Wildman–Crippen MR) is 80.1 cm³/mol. The third-order valence-electron chi connectivity index (χ3n) is 5.12. The number of nitrogens with one attached hydrogen (secondary N) is 1. The topological polar surface area (TPSA) is 58.6 Å².